The fourth-order valence-corrected chi connectivity index (χ4v) is 2.26. The molecule has 2 N–H and O–H groups in total. The first-order valence-electron chi connectivity index (χ1n) is 6.28. The third kappa shape index (κ3) is 4.04. The molecule has 104 valence electrons. The van der Waals surface area contributed by atoms with Crippen molar-refractivity contribution in [2.24, 2.45) is 5.73 Å². The molecule has 0 saturated carbocycles. The molecule has 0 spiro atoms. The smallest absolute Gasteiger partial charge is 0.103 e. The van der Waals surface area contributed by atoms with Crippen molar-refractivity contribution in [3.63, 3.8) is 0 Å². The van der Waals surface area contributed by atoms with Crippen molar-refractivity contribution in [3.05, 3.63) is 69.7 Å². The average Bonchev–Trinajstić information content (AvgIpc) is 2.40. The van der Waals surface area contributed by atoms with Crippen molar-refractivity contribution in [1.29, 1.82) is 0 Å². The lowest BCUT2D eigenvalue weighted by Crippen LogP contribution is -2.10. The zero-order chi connectivity index (χ0) is 14.5. The minimum absolute atomic E-state index is 0.416. The Morgan fingerprint density at radius 1 is 1.20 bits per heavy atom. The number of halogens is 1. The number of ether oxygens (including phenoxy) is 1. The largest absolute Gasteiger partial charge is 0.389 e. The van der Waals surface area contributed by atoms with Crippen LogP contribution in [0.25, 0.3) is 0 Å². The molecule has 0 fully saturated rings. The van der Waals surface area contributed by atoms with E-state index in [0.717, 1.165) is 27.3 Å². The molecule has 0 aliphatic rings. The van der Waals surface area contributed by atoms with Crippen molar-refractivity contribution in [2.45, 2.75) is 20.1 Å². The van der Waals surface area contributed by atoms with Gasteiger partial charge in [-0.3, -0.25) is 0 Å². The van der Waals surface area contributed by atoms with E-state index in [1.807, 2.05) is 49.4 Å². The van der Waals surface area contributed by atoms with Crippen molar-refractivity contribution >= 4 is 28.8 Å². The molecule has 4 heteroatoms. The van der Waals surface area contributed by atoms with E-state index in [1.54, 1.807) is 0 Å². The van der Waals surface area contributed by atoms with Crippen molar-refractivity contribution in [2.75, 3.05) is 0 Å². The fraction of sp³-hybridized carbons (Fsp3) is 0.188. The van der Waals surface area contributed by atoms with Crippen molar-refractivity contribution in [1.82, 2.24) is 0 Å². The molecule has 0 aromatic heterocycles. The van der Waals surface area contributed by atoms with E-state index in [-0.39, 0.29) is 0 Å². The number of thiocarbonyl (C=S) groups is 1. The summed E-state index contributed by atoms with van der Waals surface area (Å²) in [4.78, 5) is 0.416. The van der Waals surface area contributed by atoms with Crippen molar-refractivity contribution < 1.29 is 4.74 Å². The first-order chi connectivity index (χ1) is 9.56. The molecular formula is C16H16ClNOS. The Hall–Kier alpha value is -1.42. The molecule has 2 nitrogen and oxygen atoms in total. The van der Waals surface area contributed by atoms with Gasteiger partial charge in [-0.05, 0) is 41.8 Å². The van der Waals surface area contributed by atoms with E-state index < -0.39 is 0 Å². The standard InChI is InChI=1S/C16H16ClNOS/c1-11-7-13(16(18)20)5-6-14(11)10-19-9-12-3-2-4-15(17)8-12/h2-8H,9-10H2,1H3,(H2,18,20). The number of hydrogen-bond acceptors (Lipinski definition) is 2. The van der Waals surface area contributed by atoms with Gasteiger partial charge in [-0.15, -0.1) is 0 Å². The minimum Gasteiger partial charge on any atom is -0.389 e. The molecule has 0 atom stereocenters. The maximum Gasteiger partial charge on any atom is 0.103 e. The first-order valence-corrected chi connectivity index (χ1v) is 7.06. The van der Waals surface area contributed by atoms with Crippen LogP contribution in [0.1, 0.15) is 22.3 Å². The molecule has 20 heavy (non-hydrogen) atoms. The Bertz CT molecular complexity index is 628. The molecule has 2 aromatic carbocycles. The summed E-state index contributed by atoms with van der Waals surface area (Å²) in [6, 6.07) is 13.6. The summed E-state index contributed by atoms with van der Waals surface area (Å²) < 4.78 is 5.72. The summed E-state index contributed by atoms with van der Waals surface area (Å²) in [7, 11) is 0. The second-order valence-electron chi connectivity index (χ2n) is 4.63. The Balaban J connectivity index is 1.96. The lowest BCUT2D eigenvalue weighted by molar-refractivity contribution is 0.107. The second-order valence-corrected chi connectivity index (χ2v) is 5.50. The van der Waals surface area contributed by atoms with Gasteiger partial charge in [0.2, 0.25) is 0 Å². The van der Waals surface area contributed by atoms with E-state index in [9.17, 15) is 0 Å². The van der Waals surface area contributed by atoms with Gasteiger partial charge in [0.15, 0.2) is 0 Å². The summed E-state index contributed by atoms with van der Waals surface area (Å²) in [5.41, 5.74) is 9.82. The van der Waals surface area contributed by atoms with Crippen LogP contribution in [0.5, 0.6) is 0 Å². The van der Waals surface area contributed by atoms with E-state index in [4.69, 9.17) is 34.3 Å². The van der Waals surface area contributed by atoms with Crippen LogP contribution in [-0.4, -0.2) is 4.99 Å². The Morgan fingerprint density at radius 2 is 2.00 bits per heavy atom. The molecular weight excluding hydrogens is 290 g/mol. The summed E-state index contributed by atoms with van der Waals surface area (Å²) in [5.74, 6) is 0. The van der Waals surface area contributed by atoms with Crippen molar-refractivity contribution in [3.8, 4) is 0 Å². The lowest BCUT2D eigenvalue weighted by Gasteiger charge is -2.09. The van der Waals surface area contributed by atoms with Crippen LogP contribution in [0.15, 0.2) is 42.5 Å². The number of rotatable bonds is 5. The molecule has 0 radical (unpaired) electrons. The highest BCUT2D eigenvalue weighted by molar-refractivity contribution is 7.80. The van der Waals surface area contributed by atoms with Crippen LogP contribution < -0.4 is 5.73 Å². The molecule has 2 rings (SSSR count). The monoisotopic (exact) mass is 305 g/mol. The predicted octanol–water partition coefficient (Wildman–Crippen LogP) is 4.00. The third-order valence-electron chi connectivity index (χ3n) is 3.04. The van der Waals surface area contributed by atoms with Crippen LogP contribution in [0.3, 0.4) is 0 Å². The SMILES string of the molecule is Cc1cc(C(N)=S)ccc1COCc1cccc(Cl)c1. The van der Waals surface area contributed by atoms with Gasteiger partial charge in [0.25, 0.3) is 0 Å². The predicted molar refractivity (Wildman–Crippen MR) is 87.0 cm³/mol. The van der Waals surface area contributed by atoms with Gasteiger partial charge in [-0.1, -0.05) is 48.1 Å². The Kier molecular flexibility index (Phi) is 5.12. The molecule has 0 saturated heterocycles. The minimum atomic E-state index is 0.416. The molecule has 2 aromatic rings. The zero-order valence-electron chi connectivity index (χ0n) is 11.2. The Labute approximate surface area is 129 Å². The van der Waals surface area contributed by atoms with E-state index in [1.165, 1.54) is 0 Å². The first kappa shape index (κ1) is 15.0. The quantitative estimate of drug-likeness (QED) is 0.848. The summed E-state index contributed by atoms with van der Waals surface area (Å²) in [6.07, 6.45) is 0. The van der Waals surface area contributed by atoms with Crippen LogP contribution in [0.2, 0.25) is 5.02 Å². The summed E-state index contributed by atoms with van der Waals surface area (Å²) in [6.45, 7) is 3.12. The van der Waals surface area contributed by atoms with Crippen LogP contribution >= 0.6 is 23.8 Å². The fourth-order valence-electron chi connectivity index (χ4n) is 1.92. The van der Waals surface area contributed by atoms with Gasteiger partial charge >= 0.3 is 0 Å². The Morgan fingerprint density at radius 3 is 2.65 bits per heavy atom. The molecule has 0 heterocycles. The van der Waals surface area contributed by atoms with Crippen LogP contribution in [0, 0.1) is 6.92 Å². The normalized spacial score (nSPS) is 10.5. The summed E-state index contributed by atoms with van der Waals surface area (Å²) in [5, 5.41) is 0.725. The number of hydrogen-bond donors (Lipinski definition) is 1. The molecule has 0 unspecified atom stereocenters. The van der Waals surface area contributed by atoms with Gasteiger partial charge in [-0.25, -0.2) is 0 Å². The number of aryl methyl sites for hydroxylation is 1. The highest BCUT2D eigenvalue weighted by atomic mass is 35.5. The third-order valence-corrected chi connectivity index (χ3v) is 3.51. The van der Waals surface area contributed by atoms with Gasteiger partial charge in [0.1, 0.15) is 4.99 Å². The van der Waals surface area contributed by atoms with E-state index in [2.05, 4.69) is 0 Å². The topological polar surface area (TPSA) is 35.2 Å². The van der Waals surface area contributed by atoms with E-state index >= 15 is 0 Å². The second kappa shape index (κ2) is 6.84. The highest BCUT2D eigenvalue weighted by Crippen LogP contribution is 2.15. The maximum atomic E-state index is 5.93. The van der Waals surface area contributed by atoms with E-state index in [0.29, 0.717) is 18.2 Å². The van der Waals surface area contributed by atoms with Gasteiger partial charge in [0.05, 0.1) is 13.2 Å². The van der Waals surface area contributed by atoms with Gasteiger partial charge in [0, 0.05) is 10.6 Å². The lowest BCUT2D eigenvalue weighted by atomic mass is 10.1. The number of benzene rings is 2. The highest BCUT2D eigenvalue weighted by Gasteiger charge is 2.03. The molecule has 0 amide bonds. The summed E-state index contributed by atoms with van der Waals surface area (Å²) >= 11 is 10.9. The van der Waals surface area contributed by atoms with Crippen LogP contribution in [0.4, 0.5) is 0 Å². The number of nitrogens with two attached hydrogens (primary N) is 1. The molecule has 0 aliphatic carbocycles. The average molecular weight is 306 g/mol. The van der Waals surface area contributed by atoms with Crippen LogP contribution in [-0.2, 0) is 18.0 Å². The van der Waals surface area contributed by atoms with Gasteiger partial charge < -0.3 is 10.5 Å². The molecule has 0 bridgehead atoms. The van der Waals surface area contributed by atoms with Gasteiger partial charge in [-0.2, -0.15) is 0 Å². The zero-order valence-corrected chi connectivity index (χ0v) is 12.8. The molecule has 0 aliphatic heterocycles. The maximum absolute atomic E-state index is 5.93.